The Labute approximate surface area is 179 Å². The first kappa shape index (κ1) is 20.6. The fourth-order valence-electron chi connectivity index (χ4n) is 4.10. The quantitative estimate of drug-likeness (QED) is 0.443. The SMILES string of the molecule is N=C(C(N)=O)c1ccccc1NCC(=O)N1[C@@H]2C[C@@H]2C[C@H]1C(=O)OCc1ccccc1. The number of esters is 1. The molecule has 2 aromatic rings. The van der Waals surface area contributed by atoms with Crippen molar-refractivity contribution >= 4 is 29.2 Å². The molecule has 0 aromatic heterocycles. The summed E-state index contributed by atoms with van der Waals surface area (Å²) in [5.74, 6) is -1.11. The van der Waals surface area contributed by atoms with Gasteiger partial charge in [-0.05, 0) is 30.4 Å². The monoisotopic (exact) mass is 420 g/mol. The summed E-state index contributed by atoms with van der Waals surface area (Å²) in [6.07, 6.45) is 1.52. The number of fused-ring (bicyclic) bond motifs is 1. The first-order valence-corrected chi connectivity index (χ1v) is 10.2. The van der Waals surface area contributed by atoms with Crippen LogP contribution in [0, 0.1) is 11.3 Å². The Kier molecular flexibility index (Phi) is 5.70. The zero-order chi connectivity index (χ0) is 22.0. The average Bonchev–Trinajstić information content (AvgIpc) is 3.45. The Balaban J connectivity index is 1.39. The lowest BCUT2D eigenvalue weighted by Crippen LogP contribution is -2.46. The van der Waals surface area contributed by atoms with E-state index in [0.29, 0.717) is 23.6 Å². The highest BCUT2D eigenvalue weighted by molar-refractivity contribution is 6.44. The van der Waals surface area contributed by atoms with Gasteiger partial charge < -0.3 is 20.7 Å². The number of piperidine rings is 1. The Morgan fingerprint density at radius 1 is 1.06 bits per heavy atom. The topological polar surface area (TPSA) is 126 Å². The predicted molar refractivity (Wildman–Crippen MR) is 114 cm³/mol. The van der Waals surface area contributed by atoms with Crippen LogP contribution in [-0.4, -0.2) is 47.0 Å². The molecule has 8 nitrogen and oxygen atoms in total. The van der Waals surface area contributed by atoms with E-state index in [9.17, 15) is 14.4 Å². The maximum atomic E-state index is 13.0. The number of hydrogen-bond acceptors (Lipinski definition) is 6. The minimum Gasteiger partial charge on any atom is -0.459 e. The van der Waals surface area contributed by atoms with Crippen LogP contribution in [0.3, 0.4) is 0 Å². The molecule has 160 valence electrons. The van der Waals surface area contributed by atoms with E-state index in [0.717, 1.165) is 12.0 Å². The zero-order valence-corrected chi connectivity index (χ0v) is 16.9. The van der Waals surface area contributed by atoms with Crippen molar-refractivity contribution in [3.8, 4) is 0 Å². The van der Waals surface area contributed by atoms with Crippen LogP contribution in [0.15, 0.2) is 54.6 Å². The van der Waals surface area contributed by atoms with Crippen molar-refractivity contribution in [2.75, 3.05) is 11.9 Å². The highest BCUT2D eigenvalue weighted by Gasteiger charge is 2.56. The van der Waals surface area contributed by atoms with Crippen LogP contribution in [0.2, 0.25) is 0 Å². The van der Waals surface area contributed by atoms with Crippen molar-refractivity contribution in [2.45, 2.75) is 31.5 Å². The molecule has 0 radical (unpaired) electrons. The van der Waals surface area contributed by atoms with Gasteiger partial charge in [0.25, 0.3) is 5.91 Å². The van der Waals surface area contributed by atoms with Gasteiger partial charge in [0.05, 0.1) is 6.54 Å². The van der Waals surface area contributed by atoms with Gasteiger partial charge in [-0.15, -0.1) is 0 Å². The van der Waals surface area contributed by atoms with Gasteiger partial charge in [-0.25, -0.2) is 4.79 Å². The lowest BCUT2D eigenvalue weighted by Gasteiger charge is -2.26. The van der Waals surface area contributed by atoms with Crippen molar-refractivity contribution < 1.29 is 19.1 Å². The molecule has 0 spiro atoms. The van der Waals surface area contributed by atoms with Crippen LogP contribution in [0.1, 0.15) is 24.0 Å². The van der Waals surface area contributed by atoms with Crippen LogP contribution in [0.4, 0.5) is 5.69 Å². The highest BCUT2D eigenvalue weighted by Crippen LogP contribution is 2.48. The Morgan fingerprint density at radius 2 is 1.77 bits per heavy atom. The van der Waals surface area contributed by atoms with E-state index < -0.39 is 11.9 Å². The number of nitrogens with one attached hydrogen (secondary N) is 2. The third kappa shape index (κ3) is 4.42. The molecular formula is C23H24N4O4. The highest BCUT2D eigenvalue weighted by atomic mass is 16.5. The summed E-state index contributed by atoms with van der Waals surface area (Å²) in [4.78, 5) is 38.7. The van der Waals surface area contributed by atoms with E-state index in [1.807, 2.05) is 30.3 Å². The molecule has 31 heavy (non-hydrogen) atoms. The summed E-state index contributed by atoms with van der Waals surface area (Å²) in [6.45, 7) is 0.114. The van der Waals surface area contributed by atoms with Gasteiger partial charge in [-0.2, -0.15) is 0 Å². The number of amides is 2. The molecule has 2 amide bonds. The molecule has 3 atom stereocenters. The van der Waals surface area contributed by atoms with E-state index >= 15 is 0 Å². The van der Waals surface area contributed by atoms with Gasteiger partial charge in [-0.3, -0.25) is 15.0 Å². The van der Waals surface area contributed by atoms with E-state index in [1.54, 1.807) is 29.2 Å². The van der Waals surface area contributed by atoms with E-state index in [4.69, 9.17) is 15.9 Å². The van der Waals surface area contributed by atoms with Crippen LogP contribution in [0.25, 0.3) is 0 Å². The third-order valence-electron chi connectivity index (χ3n) is 5.76. The van der Waals surface area contributed by atoms with Gasteiger partial charge in [0.2, 0.25) is 5.91 Å². The van der Waals surface area contributed by atoms with Crippen molar-refractivity contribution in [1.29, 1.82) is 5.41 Å². The second kappa shape index (κ2) is 8.59. The minimum atomic E-state index is -0.845. The number of likely N-dealkylation sites (tertiary alicyclic amines) is 1. The third-order valence-corrected chi connectivity index (χ3v) is 5.76. The van der Waals surface area contributed by atoms with Crippen LogP contribution >= 0.6 is 0 Å². The molecule has 2 aliphatic rings. The Hall–Kier alpha value is -3.68. The maximum Gasteiger partial charge on any atom is 0.329 e. The number of nitrogens with two attached hydrogens (primary N) is 1. The lowest BCUT2D eigenvalue weighted by molar-refractivity contribution is -0.155. The van der Waals surface area contributed by atoms with Gasteiger partial charge in [0.15, 0.2) is 0 Å². The van der Waals surface area contributed by atoms with Crippen molar-refractivity contribution in [1.82, 2.24) is 4.90 Å². The second-order valence-electron chi connectivity index (χ2n) is 7.85. The van der Waals surface area contributed by atoms with Crippen LogP contribution < -0.4 is 11.1 Å². The van der Waals surface area contributed by atoms with Crippen LogP contribution in [-0.2, 0) is 25.7 Å². The number of rotatable bonds is 8. The van der Waals surface area contributed by atoms with Crippen molar-refractivity contribution in [3.63, 3.8) is 0 Å². The number of carbonyl (C=O) groups excluding carboxylic acids is 3. The number of hydrogen-bond donors (Lipinski definition) is 3. The molecule has 0 unspecified atom stereocenters. The molecule has 8 heteroatoms. The molecule has 1 saturated heterocycles. The minimum absolute atomic E-state index is 0.0608. The number of anilines is 1. The maximum absolute atomic E-state index is 13.0. The summed E-state index contributed by atoms with van der Waals surface area (Å²) in [6, 6.07) is 15.6. The fourth-order valence-corrected chi connectivity index (χ4v) is 4.10. The average molecular weight is 420 g/mol. The van der Waals surface area contributed by atoms with E-state index in [-0.39, 0.29) is 36.8 Å². The van der Waals surface area contributed by atoms with Gasteiger partial charge in [-0.1, -0.05) is 48.5 Å². The first-order valence-electron chi connectivity index (χ1n) is 10.2. The largest absolute Gasteiger partial charge is 0.459 e. The van der Waals surface area contributed by atoms with Crippen molar-refractivity contribution in [3.05, 3.63) is 65.7 Å². The Morgan fingerprint density at radius 3 is 2.52 bits per heavy atom. The molecule has 1 saturated carbocycles. The number of benzene rings is 2. The molecule has 1 aliphatic heterocycles. The predicted octanol–water partition coefficient (Wildman–Crippen LogP) is 1.68. The van der Waals surface area contributed by atoms with Crippen molar-refractivity contribution in [2.24, 2.45) is 11.7 Å². The molecule has 2 aromatic carbocycles. The summed E-state index contributed by atoms with van der Waals surface area (Å²) in [7, 11) is 0. The first-order chi connectivity index (χ1) is 15.0. The van der Waals surface area contributed by atoms with Gasteiger partial charge in [0, 0.05) is 17.3 Å². The van der Waals surface area contributed by atoms with Crippen LogP contribution in [0.5, 0.6) is 0 Å². The summed E-state index contributed by atoms with van der Waals surface area (Å²) < 4.78 is 5.47. The van der Waals surface area contributed by atoms with Gasteiger partial charge >= 0.3 is 5.97 Å². The molecule has 2 fully saturated rings. The second-order valence-corrected chi connectivity index (χ2v) is 7.85. The summed E-state index contributed by atoms with van der Waals surface area (Å²) >= 11 is 0. The smallest absolute Gasteiger partial charge is 0.329 e. The molecular weight excluding hydrogens is 396 g/mol. The molecule has 1 heterocycles. The fraction of sp³-hybridized carbons (Fsp3) is 0.304. The molecule has 1 aliphatic carbocycles. The molecule has 4 N–H and O–H groups in total. The lowest BCUT2D eigenvalue weighted by atomic mass is 10.1. The zero-order valence-electron chi connectivity index (χ0n) is 16.9. The summed E-state index contributed by atoms with van der Waals surface area (Å²) in [5.41, 5.74) is 6.58. The van der Waals surface area contributed by atoms with E-state index in [1.165, 1.54) is 0 Å². The number of para-hydroxylation sites is 1. The molecule has 4 rings (SSSR count). The van der Waals surface area contributed by atoms with E-state index in [2.05, 4.69) is 5.32 Å². The number of nitrogens with zero attached hydrogens (tertiary/aromatic N) is 1. The normalized spacial score (nSPS) is 21.2. The Bertz CT molecular complexity index is 1020. The molecule has 0 bridgehead atoms. The number of ether oxygens (including phenoxy) is 1. The van der Waals surface area contributed by atoms with Gasteiger partial charge in [0.1, 0.15) is 18.4 Å². The number of carbonyl (C=O) groups is 3. The standard InChI is InChI=1S/C23H24N4O4/c24-21(22(25)29)16-8-4-5-9-17(16)26-12-20(28)27-18-10-15(18)11-19(27)23(30)31-13-14-6-2-1-3-7-14/h1-9,15,18-19,24,26H,10-13H2,(H2,25,29)/t15-,18-,19+/m1/s1. The number of primary amides is 1. The summed E-state index contributed by atoms with van der Waals surface area (Å²) in [5, 5.41) is 10.8.